The van der Waals surface area contributed by atoms with Gasteiger partial charge in [-0.3, -0.25) is 9.78 Å². The quantitative estimate of drug-likeness (QED) is 0.381. The van der Waals surface area contributed by atoms with Crippen molar-refractivity contribution in [1.82, 2.24) is 30.2 Å². The molecule has 180 valence electrons. The minimum atomic E-state index is -0.110. The number of benzene rings is 1. The van der Waals surface area contributed by atoms with Gasteiger partial charge in [-0.15, -0.1) is 0 Å². The van der Waals surface area contributed by atoms with Crippen LogP contribution in [0.4, 0.5) is 5.82 Å². The van der Waals surface area contributed by atoms with Crippen molar-refractivity contribution in [2.24, 2.45) is 5.92 Å². The number of hydrogen-bond donors (Lipinski definition) is 2. The summed E-state index contributed by atoms with van der Waals surface area (Å²) >= 11 is 0. The van der Waals surface area contributed by atoms with Gasteiger partial charge in [0, 0.05) is 55.1 Å². The molecule has 1 aromatic carbocycles. The fourth-order valence-electron chi connectivity index (χ4n) is 4.03. The number of anilines is 1. The highest BCUT2D eigenvalue weighted by molar-refractivity contribution is 6.06. The molecule has 2 atom stereocenters. The van der Waals surface area contributed by atoms with Gasteiger partial charge in [0.2, 0.25) is 0 Å². The van der Waals surface area contributed by atoms with Crippen molar-refractivity contribution in [3.8, 4) is 11.3 Å². The van der Waals surface area contributed by atoms with E-state index in [1.807, 2.05) is 18.2 Å². The Balaban J connectivity index is 1.49. The molecule has 2 N–H and O–H groups in total. The lowest BCUT2D eigenvalue weighted by atomic mass is 9.87. The monoisotopic (exact) mass is 469 g/mol. The van der Waals surface area contributed by atoms with Crippen molar-refractivity contribution in [2.75, 3.05) is 18.9 Å². The van der Waals surface area contributed by atoms with Crippen LogP contribution in [-0.2, 0) is 0 Å². The van der Waals surface area contributed by atoms with Crippen LogP contribution >= 0.6 is 0 Å². The largest absolute Gasteiger partial charge is 0.370 e. The minimum absolute atomic E-state index is 0.110. The molecule has 0 aliphatic rings. The van der Waals surface area contributed by atoms with Crippen molar-refractivity contribution in [3.63, 3.8) is 0 Å². The molecule has 0 fully saturated rings. The zero-order chi connectivity index (χ0) is 24.9. The van der Waals surface area contributed by atoms with Gasteiger partial charge in [-0.2, -0.15) is 0 Å². The zero-order valence-corrected chi connectivity index (χ0v) is 20.8. The van der Waals surface area contributed by atoms with E-state index >= 15 is 0 Å². The number of rotatable bonds is 8. The summed E-state index contributed by atoms with van der Waals surface area (Å²) in [5.41, 5.74) is 4.25. The van der Waals surface area contributed by atoms with Crippen LogP contribution in [0.3, 0.4) is 0 Å². The summed E-state index contributed by atoms with van der Waals surface area (Å²) < 4.78 is 0. The summed E-state index contributed by atoms with van der Waals surface area (Å²) in [6.45, 7) is 9.23. The van der Waals surface area contributed by atoms with Gasteiger partial charge in [-0.05, 0) is 23.5 Å². The molecule has 35 heavy (non-hydrogen) atoms. The number of aromatic nitrogens is 5. The molecular formula is C27H31N7O. The van der Waals surface area contributed by atoms with Crippen LogP contribution in [0.25, 0.3) is 22.2 Å². The maximum absolute atomic E-state index is 12.3. The second kappa shape index (κ2) is 10.5. The Labute approximate surface area is 205 Å². The van der Waals surface area contributed by atoms with Gasteiger partial charge in [0.05, 0.1) is 16.8 Å². The number of carbonyl (C=O) groups excluding carboxylic acids is 1. The van der Waals surface area contributed by atoms with Crippen LogP contribution in [0.5, 0.6) is 0 Å². The lowest BCUT2D eigenvalue weighted by Crippen LogP contribution is -2.19. The Morgan fingerprint density at radius 2 is 1.74 bits per heavy atom. The topological polar surface area (TPSA) is 106 Å². The average Bonchev–Trinajstić information content (AvgIpc) is 2.90. The first-order valence-corrected chi connectivity index (χ1v) is 11.9. The number of fused-ring (bicyclic) bond motifs is 1. The lowest BCUT2D eigenvalue weighted by Gasteiger charge is -2.22. The van der Waals surface area contributed by atoms with E-state index in [4.69, 9.17) is 0 Å². The maximum atomic E-state index is 12.3. The Hall–Kier alpha value is -3.94. The van der Waals surface area contributed by atoms with Gasteiger partial charge in [0.25, 0.3) is 5.91 Å². The molecule has 1 unspecified atom stereocenters. The molecule has 8 nitrogen and oxygen atoms in total. The molecule has 3 aromatic heterocycles. The van der Waals surface area contributed by atoms with Gasteiger partial charge < -0.3 is 10.6 Å². The molecule has 3 heterocycles. The van der Waals surface area contributed by atoms with Gasteiger partial charge >= 0.3 is 0 Å². The number of nitrogens with zero attached hydrogens (tertiary/aromatic N) is 5. The van der Waals surface area contributed by atoms with Gasteiger partial charge in [0.1, 0.15) is 18.0 Å². The van der Waals surface area contributed by atoms with E-state index in [9.17, 15) is 4.79 Å². The number of amides is 1. The SMILES string of the molecule is CNC(=O)c1ccnc2c(C(C)[C@H](C)CNc3cc(-c4cnc(C(C)C)nc4)ncn3)cccc12. The van der Waals surface area contributed by atoms with Crippen LogP contribution in [0.2, 0.25) is 0 Å². The molecule has 0 aliphatic heterocycles. The number of hydrogen-bond acceptors (Lipinski definition) is 7. The molecule has 0 saturated heterocycles. The molecule has 4 rings (SSSR count). The molecule has 0 spiro atoms. The molecule has 0 bridgehead atoms. The third kappa shape index (κ3) is 5.26. The number of nitrogens with one attached hydrogen (secondary N) is 2. The van der Waals surface area contributed by atoms with E-state index < -0.39 is 0 Å². The van der Waals surface area contributed by atoms with Crippen LogP contribution in [0.1, 0.15) is 61.3 Å². The molecule has 0 saturated carbocycles. The molecule has 0 aliphatic carbocycles. The molecule has 4 aromatic rings. The van der Waals surface area contributed by atoms with Crippen molar-refractivity contribution in [1.29, 1.82) is 0 Å². The van der Waals surface area contributed by atoms with Crippen LogP contribution in [0.15, 0.2) is 55.2 Å². The number of para-hydroxylation sites is 1. The van der Waals surface area contributed by atoms with Crippen molar-refractivity contribution in [3.05, 3.63) is 72.2 Å². The Morgan fingerprint density at radius 1 is 0.971 bits per heavy atom. The van der Waals surface area contributed by atoms with Crippen molar-refractivity contribution >= 4 is 22.6 Å². The second-order valence-electron chi connectivity index (χ2n) is 9.10. The van der Waals surface area contributed by atoms with Crippen molar-refractivity contribution < 1.29 is 4.79 Å². The predicted octanol–water partition coefficient (Wildman–Crippen LogP) is 4.82. The van der Waals surface area contributed by atoms with Gasteiger partial charge in [0.15, 0.2) is 0 Å². The first-order valence-electron chi connectivity index (χ1n) is 11.9. The fraction of sp³-hybridized carbons (Fsp3) is 0.333. The predicted molar refractivity (Wildman–Crippen MR) is 138 cm³/mol. The summed E-state index contributed by atoms with van der Waals surface area (Å²) in [5, 5.41) is 7.02. The summed E-state index contributed by atoms with van der Waals surface area (Å²) in [4.78, 5) is 34.6. The molecule has 1 amide bonds. The van der Waals surface area contributed by atoms with E-state index in [2.05, 4.69) is 69.3 Å². The summed E-state index contributed by atoms with van der Waals surface area (Å²) in [6, 6.07) is 9.71. The normalized spacial score (nSPS) is 13.0. The Bertz CT molecular complexity index is 1320. The van der Waals surface area contributed by atoms with E-state index in [0.717, 1.165) is 39.4 Å². The van der Waals surface area contributed by atoms with Crippen molar-refractivity contribution in [2.45, 2.75) is 39.5 Å². The minimum Gasteiger partial charge on any atom is -0.370 e. The third-order valence-electron chi connectivity index (χ3n) is 6.37. The first-order chi connectivity index (χ1) is 16.9. The zero-order valence-electron chi connectivity index (χ0n) is 20.8. The van der Waals surface area contributed by atoms with Gasteiger partial charge in [-0.25, -0.2) is 19.9 Å². The van der Waals surface area contributed by atoms with E-state index in [1.54, 1.807) is 38.0 Å². The summed E-state index contributed by atoms with van der Waals surface area (Å²) in [6.07, 6.45) is 6.86. The first kappa shape index (κ1) is 24.2. The third-order valence-corrected chi connectivity index (χ3v) is 6.37. The lowest BCUT2D eigenvalue weighted by molar-refractivity contribution is 0.0964. The van der Waals surface area contributed by atoms with Crippen LogP contribution in [-0.4, -0.2) is 44.4 Å². The average molecular weight is 470 g/mol. The summed E-state index contributed by atoms with van der Waals surface area (Å²) in [5.74, 6) is 2.22. The van der Waals surface area contributed by atoms with Crippen LogP contribution in [0, 0.1) is 5.92 Å². The molecule has 0 radical (unpaired) electrons. The number of pyridine rings is 1. The Kier molecular flexibility index (Phi) is 7.29. The van der Waals surface area contributed by atoms with Gasteiger partial charge in [-0.1, -0.05) is 45.9 Å². The maximum Gasteiger partial charge on any atom is 0.251 e. The fourth-order valence-corrected chi connectivity index (χ4v) is 4.03. The second-order valence-corrected chi connectivity index (χ2v) is 9.10. The standard InChI is InChI=1S/C27H31N7O/c1-16(2)26-31-13-19(14-32-26)23-11-24(34-15-33-23)30-12-17(3)18(4)20-7-6-8-21-22(27(35)28-5)9-10-29-25(20)21/h6-11,13-18H,12H2,1-5H3,(H,28,35)(H,30,33,34)/t17-,18?/m1/s1. The highest BCUT2D eigenvalue weighted by Crippen LogP contribution is 2.31. The smallest absolute Gasteiger partial charge is 0.251 e. The number of carbonyl (C=O) groups is 1. The highest BCUT2D eigenvalue weighted by Gasteiger charge is 2.19. The van der Waals surface area contributed by atoms with Crippen LogP contribution < -0.4 is 10.6 Å². The molecular weight excluding hydrogens is 438 g/mol. The summed E-state index contributed by atoms with van der Waals surface area (Å²) in [7, 11) is 1.64. The van der Waals surface area contributed by atoms with E-state index in [0.29, 0.717) is 12.1 Å². The highest BCUT2D eigenvalue weighted by atomic mass is 16.1. The molecule has 8 heteroatoms. The van der Waals surface area contributed by atoms with E-state index in [-0.39, 0.29) is 23.7 Å². The Morgan fingerprint density at radius 3 is 2.46 bits per heavy atom. The van der Waals surface area contributed by atoms with E-state index in [1.165, 1.54) is 0 Å².